The van der Waals surface area contributed by atoms with Gasteiger partial charge in [0.15, 0.2) is 0 Å². The van der Waals surface area contributed by atoms with Gasteiger partial charge in [-0.05, 0) is 5.56 Å². The van der Waals surface area contributed by atoms with Crippen molar-refractivity contribution in [2.75, 3.05) is 14.1 Å². The fraction of sp³-hybridized carbons (Fsp3) is 0.250. The molecule has 1 heterocycles. The summed E-state index contributed by atoms with van der Waals surface area (Å²) >= 11 is 0. The topological polar surface area (TPSA) is 46.2 Å². The molecule has 104 valence electrons. The van der Waals surface area contributed by atoms with E-state index in [-0.39, 0.29) is 12.4 Å². The van der Waals surface area contributed by atoms with E-state index in [0.29, 0.717) is 6.54 Å². The molecule has 0 amide bonds. The van der Waals surface area contributed by atoms with E-state index >= 15 is 0 Å². The third kappa shape index (κ3) is 3.56. The number of halogens is 1. The molecule has 1 aromatic heterocycles. The maximum atomic E-state index is 11.9. The van der Waals surface area contributed by atoms with Crippen LogP contribution in [-0.4, -0.2) is 30.8 Å². The van der Waals surface area contributed by atoms with Crippen molar-refractivity contribution in [1.29, 1.82) is 0 Å². The summed E-state index contributed by atoms with van der Waals surface area (Å²) in [5.74, 6) is 0. The predicted octanol–water partition coefficient (Wildman–Crippen LogP) is -2.52. The zero-order valence-electron chi connectivity index (χ0n) is 10.8. The van der Waals surface area contributed by atoms with Crippen LogP contribution in [0.5, 0.6) is 0 Å². The SMILES string of the molecule is CN(C)S(=O)(=O)n1cc[n+](Cc2ccccc2)c1.[Cl-]. The lowest BCUT2D eigenvalue weighted by atomic mass is 10.2. The third-order valence-corrected chi connectivity index (χ3v) is 4.27. The Kier molecular flexibility index (Phi) is 5.11. The van der Waals surface area contributed by atoms with E-state index in [1.165, 1.54) is 28.6 Å². The lowest BCUT2D eigenvalue weighted by molar-refractivity contribution is -0.687. The van der Waals surface area contributed by atoms with Crippen molar-refractivity contribution < 1.29 is 25.4 Å². The van der Waals surface area contributed by atoms with E-state index in [1.807, 2.05) is 34.9 Å². The number of hydrogen-bond acceptors (Lipinski definition) is 2. The number of nitrogens with zero attached hydrogens (tertiary/aromatic N) is 3. The molecular formula is C12H16ClN3O2S. The average molecular weight is 302 g/mol. The second-order valence-corrected chi connectivity index (χ2v) is 6.24. The Bertz CT molecular complexity index is 623. The highest BCUT2D eigenvalue weighted by atomic mass is 35.5. The highest BCUT2D eigenvalue weighted by Gasteiger charge is 2.22. The van der Waals surface area contributed by atoms with Crippen molar-refractivity contribution in [2.45, 2.75) is 6.54 Å². The molecule has 1 aromatic carbocycles. The van der Waals surface area contributed by atoms with Gasteiger partial charge in [0.25, 0.3) is 6.33 Å². The standard InChI is InChI=1S/C12H16N3O2S.ClH/c1-13(2)18(16,17)15-9-8-14(11-15)10-12-6-4-3-5-7-12;/h3-9,11H,10H2,1-2H3;1H/q+1;/p-1. The largest absolute Gasteiger partial charge is 1.00 e. The van der Waals surface area contributed by atoms with Crippen LogP contribution in [0.25, 0.3) is 0 Å². The zero-order chi connectivity index (χ0) is 13.2. The summed E-state index contributed by atoms with van der Waals surface area (Å²) < 4.78 is 28.0. The summed E-state index contributed by atoms with van der Waals surface area (Å²) in [5, 5.41) is 0. The van der Waals surface area contributed by atoms with E-state index in [1.54, 1.807) is 12.5 Å². The summed E-state index contributed by atoms with van der Waals surface area (Å²) in [5.41, 5.74) is 1.13. The van der Waals surface area contributed by atoms with Gasteiger partial charge in [0.1, 0.15) is 18.9 Å². The van der Waals surface area contributed by atoms with Gasteiger partial charge in [-0.25, -0.2) is 4.57 Å². The zero-order valence-corrected chi connectivity index (χ0v) is 12.3. The highest BCUT2D eigenvalue weighted by Crippen LogP contribution is 2.01. The van der Waals surface area contributed by atoms with Gasteiger partial charge >= 0.3 is 10.2 Å². The molecule has 0 spiro atoms. The Hall–Kier alpha value is -1.37. The van der Waals surface area contributed by atoms with Crippen molar-refractivity contribution in [3.8, 4) is 0 Å². The summed E-state index contributed by atoms with van der Waals surface area (Å²) in [6.07, 6.45) is 4.86. The fourth-order valence-corrected chi connectivity index (χ4v) is 2.41. The molecule has 0 N–H and O–H groups in total. The monoisotopic (exact) mass is 301 g/mol. The Morgan fingerprint density at radius 3 is 2.42 bits per heavy atom. The molecular weight excluding hydrogens is 286 g/mol. The van der Waals surface area contributed by atoms with Gasteiger partial charge in [-0.1, -0.05) is 30.3 Å². The lowest BCUT2D eigenvalue weighted by Crippen LogP contribution is -3.00. The Morgan fingerprint density at radius 1 is 1.21 bits per heavy atom. The summed E-state index contributed by atoms with van der Waals surface area (Å²) in [6.45, 7) is 0.650. The van der Waals surface area contributed by atoms with Crippen molar-refractivity contribution >= 4 is 10.2 Å². The minimum Gasteiger partial charge on any atom is -1.00 e. The first-order valence-electron chi connectivity index (χ1n) is 5.54. The molecule has 0 radical (unpaired) electrons. The molecule has 0 fully saturated rings. The number of rotatable bonds is 4. The Morgan fingerprint density at radius 2 is 1.84 bits per heavy atom. The average Bonchev–Trinajstić information content (AvgIpc) is 2.79. The molecule has 0 saturated heterocycles. The number of hydrogen-bond donors (Lipinski definition) is 0. The molecule has 0 atom stereocenters. The number of imidazole rings is 1. The molecule has 0 aliphatic rings. The first-order chi connectivity index (χ1) is 8.50. The maximum absolute atomic E-state index is 11.9. The molecule has 0 saturated carbocycles. The van der Waals surface area contributed by atoms with Crippen molar-refractivity contribution in [2.24, 2.45) is 0 Å². The van der Waals surface area contributed by atoms with Gasteiger partial charge in [0.2, 0.25) is 0 Å². The van der Waals surface area contributed by atoms with Gasteiger partial charge in [0, 0.05) is 14.1 Å². The van der Waals surface area contributed by atoms with Gasteiger partial charge in [-0.2, -0.15) is 12.7 Å². The molecule has 0 bridgehead atoms. The first kappa shape index (κ1) is 15.7. The third-order valence-electron chi connectivity index (χ3n) is 2.60. The fourth-order valence-electron chi connectivity index (χ4n) is 1.59. The van der Waals surface area contributed by atoms with Crippen LogP contribution in [0.1, 0.15) is 5.56 Å². The minimum atomic E-state index is -3.42. The molecule has 0 aliphatic heterocycles. The summed E-state index contributed by atoms with van der Waals surface area (Å²) in [4.78, 5) is 0. The molecule has 2 aromatic rings. The Balaban J connectivity index is 0.00000180. The van der Waals surface area contributed by atoms with Crippen LogP contribution in [0.4, 0.5) is 0 Å². The van der Waals surface area contributed by atoms with Crippen LogP contribution in [-0.2, 0) is 16.8 Å². The Labute approximate surface area is 119 Å². The van der Waals surface area contributed by atoms with E-state index < -0.39 is 10.2 Å². The van der Waals surface area contributed by atoms with Crippen LogP contribution in [0, 0.1) is 0 Å². The maximum Gasteiger partial charge on any atom is 0.379 e. The second-order valence-electron chi connectivity index (χ2n) is 4.19. The summed E-state index contributed by atoms with van der Waals surface area (Å²) in [7, 11) is -0.398. The van der Waals surface area contributed by atoms with Crippen LogP contribution < -0.4 is 17.0 Å². The molecule has 19 heavy (non-hydrogen) atoms. The van der Waals surface area contributed by atoms with Gasteiger partial charge < -0.3 is 12.4 Å². The quantitative estimate of drug-likeness (QED) is 0.585. The molecule has 2 rings (SSSR count). The van der Waals surface area contributed by atoms with Crippen molar-refractivity contribution in [3.05, 3.63) is 54.6 Å². The molecule has 7 heteroatoms. The molecule has 5 nitrogen and oxygen atoms in total. The summed E-state index contributed by atoms with van der Waals surface area (Å²) in [6, 6.07) is 9.89. The molecule has 0 aliphatic carbocycles. The van der Waals surface area contributed by atoms with E-state index in [9.17, 15) is 8.42 Å². The first-order valence-corrected chi connectivity index (χ1v) is 6.94. The second kappa shape index (κ2) is 6.18. The van der Waals surface area contributed by atoms with Crippen molar-refractivity contribution in [3.63, 3.8) is 0 Å². The smallest absolute Gasteiger partial charge is 0.379 e. The van der Waals surface area contributed by atoms with E-state index in [2.05, 4.69) is 0 Å². The van der Waals surface area contributed by atoms with Gasteiger partial charge in [-0.15, -0.1) is 3.97 Å². The lowest BCUT2D eigenvalue weighted by Gasteiger charge is -2.05. The van der Waals surface area contributed by atoms with Crippen LogP contribution in [0.15, 0.2) is 49.1 Å². The minimum absolute atomic E-state index is 0. The van der Waals surface area contributed by atoms with Crippen LogP contribution >= 0.6 is 0 Å². The van der Waals surface area contributed by atoms with Gasteiger partial charge in [0.05, 0.1) is 0 Å². The predicted molar refractivity (Wildman–Crippen MR) is 68.2 cm³/mol. The normalized spacial score (nSPS) is 11.3. The van der Waals surface area contributed by atoms with E-state index in [0.717, 1.165) is 5.56 Å². The number of aromatic nitrogens is 2. The molecule has 0 unspecified atom stereocenters. The highest BCUT2D eigenvalue weighted by molar-refractivity contribution is 7.87. The van der Waals surface area contributed by atoms with Crippen LogP contribution in [0.3, 0.4) is 0 Å². The van der Waals surface area contributed by atoms with Gasteiger partial charge in [-0.3, -0.25) is 0 Å². The number of benzene rings is 1. The van der Waals surface area contributed by atoms with E-state index in [4.69, 9.17) is 0 Å². The van der Waals surface area contributed by atoms with Crippen LogP contribution in [0.2, 0.25) is 0 Å². The van der Waals surface area contributed by atoms with Crippen molar-refractivity contribution in [1.82, 2.24) is 8.28 Å².